The summed E-state index contributed by atoms with van der Waals surface area (Å²) in [5.74, 6) is 0. The lowest BCUT2D eigenvalue weighted by molar-refractivity contribution is -0.251. The standard InChI is InChI=1S/C6H9F3O.C4H8O/c1-3-4-5(2,10)6(7,8)9;1-2-4-5-3-1/h3,10H,1,4H2,2H3;1-4H2. The molecule has 0 aromatic heterocycles. The molecule has 1 fully saturated rings. The van der Waals surface area contributed by atoms with Gasteiger partial charge >= 0.3 is 6.18 Å². The van der Waals surface area contributed by atoms with Gasteiger partial charge in [-0.25, -0.2) is 0 Å². The van der Waals surface area contributed by atoms with Crippen molar-refractivity contribution in [3.8, 4) is 0 Å². The van der Waals surface area contributed by atoms with E-state index in [1.54, 1.807) is 0 Å². The molecule has 0 bridgehead atoms. The van der Waals surface area contributed by atoms with Gasteiger partial charge in [0.2, 0.25) is 0 Å². The van der Waals surface area contributed by atoms with Gasteiger partial charge in [-0.1, -0.05) is 6.08 Å². The highest BCUT2D eigenvalue weighted by atomic mass is 19.4. The molecule has 90 valence electrons. The third kappa shape index (κ3) is 5.79. The number of hydrogen-bond acceptors (Lipinski definition) is 2. The molecule has 1 heterocycles. The third-order valence-electron chi connectivity index (χ3n) is 1.98. The molecule has 1 aliphatic heterocycles. The molecule has 1 saturated heterocycles. The molecule has 0 saturated carbocycles. The predicted octanol–water partition coefficient (Wildman–Crippen LogP) is 2.67. The fraction of sp³-hybridized carbons (Fsp3) is 0.800. The second kappa shape index (κ2) is 6.12. The lowest BCUT2D eigenvalue weighted by Gasteiger charge is -2.24. The van der Waals surface area contributed by atoms with Crippen molar-refractivity contribution < 1.29 is 23.0 Å². The average molecular weight is 226 g/mol. The molecule has 0 aliphatic carbocycles. The van der Waals surface area contributed by atoms with Gasteiger partial charge < -0.3 is 9.84 Å². The van der Waals surface area contributed by atoms with Crippen molar-refractivity contribution in [2.75, 3.05) is 13.2 Å². The average Bonchev–Trinajstić information content (AvgIpc) is 2.57. The SMILES string of the molecule is C1CCOC1.C=CCC(C)(O)C(F)(F)F. The van der Waals surface area contributed by atoms with E-state index in [2.05, 4.69) is 6.58 Å². The minimum Gasteiger partial charge on any atom is -0.381 e. The van der Waals surface area contributed by atoms with Crippen LogP contribution < -0.4 is 0 Å². The zero-order chi connectivity index (χ0) is 11.9. The smallest absolute Gasteiger partial charge is 0.381 e. The van der Waals surface area contributed by atoms with Gasteiger partial charge in [-0.15, -0.1) is 6.58 Å². The van der Waals surface area contributed by atoms with Crippen LogP contribution in [0.2, 0.25) is 0 Å². The zero-order valence-electron chi connectivity index (χ0n) is 8.81. The maximum absolute atomic E-state index is 11.7. The Morgan fingerprint density at radius 2 is 1.80 bits per heavy atom. The normalized spacial score (nSPS) is 20.1. The van der Waals surface area contributed by atoms with Crippen LogP contribution in [0.3, 0.4) is 0 Å². The highest BCUT2D eigenvalue weighted by Crippen LogP contribution is 2.32. The van der Waals surface area contributed by atoms with E-state index in [0.717, 1.165) is 19.3 Å². The van der Waals surface area contributed by atoms with Crippen LogP contribution in [0.1, 0.15) is 26.2 Å². The van der Waals surface area contributed by atoms with E-state index in [9.17, 15) is 13.2 Å². The predicted molar refractivity (Wildman–Crippen MR) is 51.5 cm³/mol. The van der Waals surface area contributed by atoms with Crippen LogP contribution in [0, 0.1) is 0 Å². The van der Waals surface area contributed by atoms with Crippen LogP contribution >= 0.6 is 0 Å². The first-order valence-electron chi connectivity index (χ1n) is 4.79. The van der Waals surface area contributed by atoms with E-state index in [0.29, 0.717) is 6.92 Å². The van der Waals surface area contributed by atoms with Gasteiger partial charge in [0, 0.05) is 19.6 Å². The van der Waals surface area contributed by atoms with Crippen LogP contribution in [-0.4, -0.2) is 30.1 Å². The number of rotatable bonds is 2. The second-order valence-corrected chi connectivity index (χ2v) is 3.58. The fourth-order valence-electron chi connectivity index (χ4n) is 0.907. The van der Waals surface area contributed by atoms with Crippen LogP contribution in [0.15, 0.2) is 12.7 Å². The van der Waals surface area contributed by atoms with E-state index in [1.165, 1.54) is 12.8 Å². The molecule has 1 unspecified atom stereocenters. The molecule has 2 nitrogen and oxygen atoms in total. The van der Waals surface area contributed by atoms with Crippen molar-refractivity contribution in [1.29, 1.82) is 0 Å². The first kappa shape index (κ1) is 14.5. The molecule has 15 heavy (non-hydrogen) atoms. The largest absolute Gasteiger partial charge is 0.417 e. The molecular formula is C10H17F3O2. The Hall–Kier alpha value is -0.550. The summed E-state index contributed by atoms with van der Waals surface area (Å²) in [4.78, 5) is 0. The second-order valence-electron chi connectivity index (χ2n) is 3.58. The fourth-order valence-corrected chi connectivity index (χ4v) is 0.907. The summed E-state index contributed by atoms with van der Waals surface area (Å²) in [6, 6.07) is 0. The van der Waals surface area contributed by atoms with Crippen molar-refractivity contribution in [3.05, 3.63) is 12.7 Å². The van der Waals surface area contributed by atoms with Crippen LogP contribution in [0.25, 0.3) is 0 Å². The summed E-state index contributed by atoms with van der Waals surface area (Å²) in [6.45, 7) is 5.82. The van der Waals surface area contributed by atoms with Crippen molar-refractivity contribution in [2.24, 2.45) is 0 Å². The molecule has 1 aliphatic rings. The Morgan fingerprint density at radius 3 is 1.93 bits per heavy atom. The maximum Gasteiger partial charge on any atom is 0.417 e. The van der Waals surface area contributed by atoms with Gasteiger partial charge in [0.1, 0.15) is 0 Å². The van der Waals surface area contributed by atoms with Gasteiger partial charge in [-0.3, -0.25) is 0 Å². The minimum atomic E-state index is -4.57. The van der Waals surface area contributed by atoms with Crippen LogP contribution in [0.5, 0.6) is 0 Å². The van der Waals surface area contributed by atoms with Crippen molar-refractivity contribution in [1.82, 2.24) is 0 Å². The van der Waals surface area contributed by atoms with Crippen molar-refractivity contribution in [3.63, 3.8) is 0 Å². The Kier molecular flexibility index (Phi) is 5.90. The van der Waals surface area contributed by atoms with Crippen molar-refractivity contribution >= 4 is 0 Å². The molecule has 1 atom stereocenters. The molecule has 0 amide bonds. The summed E-state index contributed by atoms with van der Waals surface area (Å²) in [5.41, 5.74) is -2.63. The lowest BCUT2D eigenvalue weighted by Crippen LogP contribution is -2.41. The lowest BCUT2D eigenvalue weighted by atomic mass is 10.0. The van der Waals surface area contributed by atoms with E-state index in [1.807, 2.05) is 0 Å². The van der Waals surface area contributed by atoms with Crippen LogP contribution in [-0.2, 0) is 4.74 Å². The minimum absolute atomic E-state index is 0.476. The van der Waals surface area contributed by atoms with Crippen LogP contribution in [0.4, 0.5) is 13.2 Å². The highest BCUT2D eigenvalue weighted by Gasteiger charge is 2.48. The molecule has 0 aromatic carbocycles. The molecule has 1 rings (SSSR count). The number of aliphatic hydroxyl groups is 1. The Morgan fingerprint density at radius 1 is 1.33 bits per heavy atom. The summed E-state index contributed by atoms with van der Waals surface area (Å²) in [5, 5.41) is 8.65. The van der Waals surface area contributed by atoms with E-state index in [4.69, 9.17) is 9.84 Å². The first-order valence-corrected chi connectivity index (χ1v) is 4.79. The third-order valence-corrected chi connectivity index (χ3v) is 1.98. The molecule has 5 heteroatoms. The maximum atomic E-state index is 11.7. The summed E-state index contributed by atoms with van der Waals surface area (Å²) >= 11 is 0. The van der Waals surface area contributed by atoms with Gasteiger partial charge in [0.15, 0.2) is 5.60 Å². The van der Waals surface area contributed by atoms with Gasteiger partial charge in [0.05, 0.1) is 0 Å². The zero-order valence-corrected chi connectivity index (χ0v) is 8.81. The highest BCUT2D eigenvalue weighted by molar-refractivity contribution is 4.88. The number of alkyl halides is 3. The topological polar surface area (TPSA) is 29.5 Å². The monoisotopic (exact) mass is 226 g/mol. The summed E-state index contributed by atoms with van der Waals surface area (Å²) in [6.07, 6.45) is -1.45. The molecule has 1 N–H and O–H groups in total. The van der Waals surface area contributed by atoms with Crippen molar-refractivity contribution in [2.45, 2.75) is 38.0 Å². The van der Waals surface area contributed by atoms with E-state index >= 15 is 0 Å². The number of halogens is 3. The Labute approximate surface area is 87.7 Å². The van der Waals surface area contributed by atoms with Gasteiger partial charge in [0.25, 0.3) is 0 Å². The number of hydrogen-bond donors (Lipinski definition) is 1. The van der Waals surface area contributed by atoms with E-state index in [-0.39, 0.29) is 0 Å². The summed E-state index contributed by atoms with van der Waals surface area (Å²) in [7, 11) is 0. The van der Waals surface area contributed by atoms with Gasteiger partial charge in [-0.2, -0.15) is 13.2 Å². The molecule has 0 aromatic rings. The molecule has 0 spiro atoms. The summed E-state index contributed by atoms with van der Waals surface area (Å²) < 4.78 is 40.1. The first-order chi connectivity index (χ1) is 6.81. The van der Waals surface area contributed by atoms with E-state index < -0.39 is 18.2 Å². The number of ether oxygens (including phenoxy) is 1. The quantitative estimate of drug-likeness (QED) is 0.733. The molecular weight excluding hydrogens is 209 g/mol. The van der Waals surface area contributed by atoms with Gasteiger partial charge in [-0.05, 0) is 19.8 Å². The molecule has 0 radical (unpaired) electrons. The Bertz CT molecular complexity index is 176. The Balaban J connectivity index is 0.000000322.